The van der Waals surface area contributed by atoms with Crippen LogP contribution in [0, 0.1) is 23.3 Å². The third kappa shape index (κ3) is 2.55. The van der Waals surface area contributed by atoms with Crippen LogP contribution in [0.2, 0.25) is 0 Å². The summed E-state index contributed by atoms with van der Waals surface area (Å²) in [6.07, 6.45) is 0.333. The van der Waals surface area contributed by atoms with Crippen LogP contribution in [-0.2, 0) is 4.74 Å². The second-order valence-corrected chi connectivity index (χ2v) is 5.22. The van der Waals surface area contributed by atoms with E-state index in [1.807, 2.05) is 0 Å². The number of hydrogen-bond acceptors (Lipinski definition) is 3. The summed E-state index contributed by atoms with van der Waals surface area (Å²) in [6, 6.07) is -0.639. The van der Waals surface area contributed by atoms with E-state index < -0.39 is 52.2 Å². The maximum Gasteiger partial charge on any atom is 0.253 e. The second kappa shape index (κ2) is 5.82. The van der Waals surface area contributed by atoms with Gasteiger partial charge in [0.05, 0.1) is 35.2 Å². The first kappa shape index (κ1) is 15.8. The fraction of sp³-hybridized carbons (Fsp3) is 0.357. The van der Waals surface area contributed by atoms with Gasteiger partial charge in [-0.3, -0.25) is 4.79 Å². The number of benzene rings is 1. The van der Waals surface area contributed by atoms with Gasteiger partial charge in [-0.15, -0.1) is 0 Å². The van der Waals surface area contributed by atoms with Crippen molar-refractivity contribution >= 4 is 16.8 Å². The highest BCUT2D eigenvalue weighted by Crippen LogP contribution is 2.29. The second-order valence-electron chi connectivity index (χ2n) is 5.22. The molecule has 2 heterocycles. The van der Waals surface area contributed by atoms with E-state index in [0.717, 1.165) is 6.20 Å². The average molecular weight is 332 g/mol. The van der Waals surface area contributed by atoms with Crippen molar-refractivity contribution < 1.29 is 32.2 Å². The predicted octanol–water partition coefficient (Wildman–Crippen LogP) is 1.60. The fourth-order valence-corrected chi connectivity index (χ4v) is 2.55. The molecule has 1 fully saturated rings. The molecule has 1 aliphatic heterocycles. The molecule has 124 valence electrons. The lowest BCUT2D eigenvalue weighted by Crippen LogP contribution is -2.48. The Bertz CT molecular complexity index is 777. The van der Waals surface area contributed by atoms with E-state index >= 15 is 0 Å². The van der Waals surface area contributed by atoms with E-state index in [0.29, 0.717) is 13.0 Å². The number of amides is 1. The van der Waals surface area contributed by atoms with Crippen LogP contribution in [0.5, 0.6) is 0 Å². The van der Waals surface area contributed by atoms with Gasteiger partial charge in [0.2, 0.25) is 0 Å². The molecule has 2 atom stereocenters. The number of halogens is 4. The molecule has 3 N–H and O–H groups in total. The first-order valence-electron chi connectivity index (χ1n) is 6.81. The predicted molar refractivity (Wildman–Crippen MR) is 70.8 cm³/mol. The van der Waals surface area contributed by atoms with E-state index in [-0.39, 0.29) is 12.2 Å². The number of aliphatic hydroxyl groups excluding tert-OH is 1. The molecule has 0 saturated carbocycles. The molecule has 0 radical (unpaired) electrons. The first-order valence-corrected chi connectivity index (χ1v) is 6.81. The number of H-pyrrole nitrogens is 1. The molecule has 0 bridgehead atoms. The van der Waals surface area contributed by atoms with Gasteiger partial charge in [0, 0.05) is 12.8 Å². The van der Waals surface area contributed by atoms with Gasteiger partial charge < -0.3 is 20.1 Å². The minimum atomic E-state index is -1.99. The number of rotatable bonds is 2. The van der Waals surface area contributed by atoms with Crippen LogP contribution in [0.25, 0.3) is 10.9 Å². The van der Waals surface area contributed by atoms with Crippen molar-refractivity contribution in [1.29, 1.82) is 0 Å². The lowest BCUT2D eigenvalue weighted by molar-refractivity contribution is -0.0260. The summed E-state index contributed by atoms with van der Waals surface area (Å²) in [5.41, 5.74) is -1.02. The summed E-state index contributed by atoms with van der Waals surface area (Å²) in [7, 11) is 0. The monoisotopic (exact) mass is 332 g/mol. The van der Waals surface area contributed by atoms with Crippen LogP contribution < -0.4 is 5.32 Å². The number of carbonyl (C=O) groups excluding carboxylic acids is 1. The topological polar surface area (TPSA) is 74.3 Å². The fourth-order valence-electron chi connectivity index (χ4n) is 2.55. The molecule has 2 unspecified atom stereocenters. The van der Waals surface area contributed by atoms with Crippen LogP contribution in [0.4, 0.5) is 17.6 Å². The summed E-state index contributed by atoms with van der Waals surface area (Å²) in [6.45, 7) is 0.348. The summed E-state index contributed by atoms with van der Waals surface area (Å²) in [5.74, 6) is -8.05. The zero-order chi connectivity index (χ0) is 16.7. The minimum Gasteiger partial charge on any atom is -0.389 e. The van der Waals surface area contributed by atoms with E-state index in [1.54, 1.807) is 0 Å². The van der Waals surface area contributed by atoms with Gasteiger partial charge in [-0.05, 0) is 6.42 Å². The number of carbonyl (C=O) groups is 1. The summed E-state index contributed by atoms with van der Waals surface area (Å²) < 4.78 is 59.1. The molecule has 1 aromatic heterocycles. The number of fused-ring (bicyclic) bond motifs is 1. The van der Waals surface area contributed by atoms with Crippen molar-refractivity contribution in [3.05, 3.63) is 35.0 Å². The number of hydrogen-bond donors (Lipinski definition) is 3. The van der Waals surface area contributed by atoms with Crippen LogP contribution in [0.1, 0.15) is 16.8 Å². The quantitative estimate of drug-likeness (QED) is 0.444. The number of aromatic nitrogens is 1. The number of aliphatic hydroxyl groups is 1. The molecule has 1 aromatic carbocycles. The van der Waals surface area contributed by atoms with Crippen molar-refractivity contribution in [3.8, 4) is 0 Å². The van der Waals surface area contributed by atoms with Crippen molar-refractivity contribution in [2.45, 2.75) is 18.6 Å². The molecule has 23 heavy (non-hydrogen) atoms. The van der Waals surface area contributed by atoms with E-state index in [4.69, 9.17) is 4.74 Å². The summed E-state index contributed by atoms with van der Waals surface area (Å²) in [5, 5.41) is 11.5. The molecule has 0 spiro atoms. The lowest BCUT2D eigenvalue weighted by Gasteiger charge is -2.28. The molecule has 3 rings (SSSR count). The van der Waals surface area contributed by atoms with Gasteiger partial charge in [0.25, 0.3) is 5.91 Å². The number of ether oxygens (including phenoxy) is 1. The number of aromatic amines is 1. The van der Waals surface area contributed by atoms with Crippen LogP contribution in [0.3, 0.4) is 0 Å². The zero-order valence-electron chi connectivity index (χ0n) is 11.6. The maximum absolute atomic E-state index is 13.9. The van der Waals surface area contributed by atoms with Crippen molar-refractivity contribution in [2.75, 3.05) is 13.2 Å². The standard InChI is InChI=1S/C14H12F4N2O3/c15-9-8-5(3-19-13(8)12(18)11(17)10(9)16)14(22)20-6-1-2-23-4-7(6)21/h3,6-7,19,21H,1-2,4H2,(H,20,22). The minimum absolute atomic E-state index is 0.0294. The Morgan fingerprint density at radius 1 is 1.22 bits per heavy atom. The van der Waals surface area contributed by atoms with E-state index in [1.165, 1.54) is 0 Å². The Morgan fingerprint density at radius 3 is 2.61 bits per heavy atom. The Balaban J connectivity index is 1.98. The molecular formula is C14H12F4N2O3. The van der Waals surface area contributed by atoms with Gasteiger partial charge in [-0.1, -0.05) is 0 Å². The van der Waals surface area contributed by atoms with Gasteiger partial charge in [0.15, 0.2) is 23.3 Å². The summed E-state index contributed by atoms with van der Waals surface area (Å²) in [4.78, 5) is 14.4. The third-order valence-corrected chi connectivity index (χ3v) is 3.78. The highest BCUT2D eigenvalue weighted by atomic mass is 19.2. The van der Waals surface area contributed by atoms with Crippen LogP contribution >= 0.6 is 0 Å². The van der Waals surface area contributed by atoms with Gasteiger partial charge in [-0.25, -0.2) is 17.6 Å². The Labute approximate surface area is 127 Å². The molecule has 1 saturated heterocycles. The van der Waals surface area contributed by atoms with E-state index in [9.17, 15) is 27.5 Å². The number of nitrogens with one attached hydrogen (secondary N) is 2. The Kier molecular flexibility index (Phi) is 3.99. The lowest BCUT2D eigenvalue weighted by atomic mass is 10.1. The Morgan fingerprint density at radius 2 is 1.91 bits per heavy atom. The third-order valence-electron chi connectivity index (χ3n) is 3.78. The highest BCUT2D eigenvalue weighted by molar-refractivity contribution is 6.07. The van der Waals surface area contributed by atoms with Crippen LogP contribution in [-0.4, -0.2) is 41.4 Å². The molecule has 0 aliphatic carbocycles. The van der Waals surface area contributed by atoms with Crippen molar-refractivity contribution in [1.82, 2.24) is 10.3 Å². The Hall–Kier alpha value is -2.13. The average Bonchev–Trinajstić information content (AvgIpc) is 2.98. The smallest absolute Gasteiger partial charge is 0.253 e. The summed E-state index contributed by atoms with van der Waals surface area (Å²) >= 11 is 0. The SMILES string of the molecule is O=C(NC1CCOCC1O)c1c[nH]c2c(F)c(F)c(F)c(F)c12. The molecule has 1 aliphatic rings. The van der Waals surface area contributed by atoms with Gasteiger partial charge in [-0.2, -0.15) is 0 Å². The van der Waals surface area contributed by atoms with Crippen LogP contribution in [0.15, 0.2) is 6.20 Å². The first-order chi connectivity index (χ1) is 10.9. The molecular weight excluding hydrogens is 320 g/mol. The highest BCUT2D eigenvalue weighted by Gasteiger charge is 2.29. The normalized spacial score (nSPS) is 21.6. The zero-order valence-corrected chi connectivity index (χ0v) is 11.6. The van der Waals surface area contributed by atoms with Crippen molar-refractivity contribution in [2.24, 2.45) is 0 Å². The van der Waals surface area contributed by atoms with Gasteiger partial charge >= 0.3 is 0 Å². The molecule has 2 aromatic rings. The van der Waals surface area contributed by atoms with Gasteiger partial charge in [0.1, 0.15) is 0 Å². The molecule has 5 nitrogen and oxygen atoms in total. The largest absolute Gasteiger partial charge is 0.389 e. The van der Waals surface area contributed by atoms with Crippen molar-refractivity contribution in [3.63, 3.8) is 0 Å². The molecule has 9 heteroatoms. The maximum atomic E-state index is 13.9. The molecule has 1 amide bonds. The van der Waals surface area contributed by atoms with E-state index in [2.05, 4.69) is 10.3 Å².